The van der Waals surface area contributed by atoms with E-state index in [0.717, 1.165) is 6.42 Å². The normalized spacial score (nSPS) is 25.5. The van der Waals surface area contributed by atoms with E-state index in [-0.39, 0.29) is 24.0 Å². The molecule has 17 heavy (non-hydrogen) atoms. The first kappa shape index (κ1) is 12.2. The van der Waals surface area contributed by atoms with E-state index in [1.165, 1.54) is 0 Å². The number of fused-ring (bicyclic) bond motifs is 1. The first-order valence-electron chi connectivity index (χ1n) is 6.19. The number of urea groups is 1. The average Bonchev–Trinajstić information content (AvgIpc) is 2.70. The molecule has 0 aromatic rings. The smallest absolute Gasteiger partial charge is 0.317 e. The summed E-state index contributed by atoms with van der Waals surface area (Å²) < 4.78 is 0. The van der Waals surface area contributed by atoms with E-state index in [2.05, 4.69) is 5.32 Å². The second-order valence-electron chi connectivity index (χ2n) is 4.75. The maximum Gasteiger partial charge on any atom is 0.317 e. The van der Waals surface area contributed by atoms with Crippen LogP contribution in [0.3, 0.4) is 0 Å². The number of hydrogen-bond acceptors (Lipinski definition) is 3. The first-order valence-corrected chi connectivity index (χ1v) is 6.19. The van der Waals surface area contributed by atoms with Gasteiger partial charge in [-0.2, -0.15) is 0 Å². The number of carbonyl (C=O) groups is 2. The van der Waals surface area contributed by atoms with Gasteiger partial charge in [-0.15, -0.1) is 0 Å². The predicted molar refractivity (Wildman–Crippen MR) is 63.4 cm³/mol. The summed E-state index contributed by atoms with van der Waals surface area (Å²) in [6.07, 6.45) is 1.22. The van der Waals surface area contributed by atoms with Crippen molar-refractivity contribution in [3.8, 4) is 0 Å². The molecule has 3 N–H and O–H groups in total. The Hall–Kier alpha value is -1.30. The summed E-state index contributed by atoms with van der Waals surface area (Å²) >= 11 is 0. The molecule has 2 aliphatic rings. The minimum atomic E-state index is -0.0520. The molecule has 2 fully saturated rings. The molecule has 0 spiro atoms. The van der Waals surface area contributed by atoms with E-state index in [0.29, 0.717) is 32.6 Å². The summed E-state index contributed by atoms with van der Waals surface area (Å²) in [5.74, 6) is 0.110. The minimum Gasteiger partial charge on any atom is -0.339 e. The summed E-state index contributed by atoms with van der Waals surface area (Å²) in [5.41, 5.74) is 5.79. The molecule has 0 saturated carbocycles. The Morgan fingerprint density at radius 1 is 1.59 bits per heavy atom. The highest BCUT2D eigenvalue weighted by molar-refractivity contribution is 5.79. The standard InChI is InChI=1S/C11H20N4O2/c1-2-8(12)5-10(16)14-3-4-15-9(7-14)6-13-11(15)17/h8-9H,2-7,12H2,1H3,(H,13,17). The second-order valence-corrected chi connectivity index (χ2v) is 4.75. The lowest BCUT2D eigenvalue weighted by molar-refractivity contribution is -0.133. The molecule has 2 heterocycles. The fourth-order valence-corrected chi connectivity index (χ4v) is 2.33. The van der Waals surface area contributed by atoms with Crippen molar-refractivity contribution in [1.82, 2.24) is 15.1 Å². The van der Waals surface area contributed by atoms with Crippen LogP contribution in [-0.4, -0.2) is 60.0 Å². The maximum atomic E-state index is 12.0. The summed E-state index contributed by atoms with van der Waals surface area (Å²) in [5, 5.41) is 2.80. The lowest BCUT2D eigenvalue weighted by atomic mass is 10.1. The molecule has 2 unspecified atom stereocenters. The third-order valence-electron chi connectivity index (χ3n) is 3.55. The topological polar surface area (TPSA) is 78.7 Å². The Morgan fingerprint density at radius 2 is 2.35 bits per heavy atom. The van der Waals surface area contributed by atoms with Crippen LogP contribution in [0.4, 0.5) is 4.79 Å². The lowest BCUT2D eigenvalue weighted by Gasteiger charge is -2.36. The van der Waals surface area contributed by atoms with Crippen molar-refractivity contribution in [2.45, 2.75) is 31.8 Å². The van der Waals surface area contributed by atoms with Crippen molar-refractivity contribution >= 4 is 11.9 Å². The van der Waals surface area contributed by atoms with Gasteiger partial charge in [-0.3, -0.25) is 4.79 Å². The van der Waals surface area contributed by atoms with Crippen molar-refractivity contribution in [3.05, 3.63) is 0 Å². The number of carbonyl (C=O) groups excluding carboxylic acids is 2. The van der Waals surface area contributed by atoms with Crippen molar-refractivity contribution < 1.29 is 9.59 Å². The molecule has 2 aliphatic heterocycles. The van der Waals surface area contributed by atoms with Crippen LogP contribution in [0.5, 0.6) is 0 Å². The molecule has 0 radical (unpaired) electrons. The molecule has 0 aliphatic carbocycles. The van der Waals surface area contributed by atoms with Gasteiger partial charge in [0.25, 0.3) is 0 Å². The van der Waals surface area contributed by atoms with Crippen LogP contribution in [-0.2, 0) is 4.79 Å². The molecule has 6 nitrogen and oxygen atoms in total. The quantitative estimate of drug-likeness (QED) is 0.688. The molecule has 2 saturated heterocycles. The van der Waals surface area contributed by atoms with Gasteiger partial charge in [-0.1, -0.05) is 6.92 Å². The number of hydrogen-bond donors (Lipinski definition) is 2. The zero-order valence-corrected chi connectivity index (χ0v) is 10.2. The van der Waals surface area contributed by atoms with Crippen molar-refractivity contribution in [2.24, 2.45) is 5.73 Å². The number of nitrogens with zero attached hydrogens (tertiary/aromatic N) is 2. The Balaban J connectivity index is 1.88. The first-order chi connectivity index (χ1) is 8.11. The number of piperazine rings is 1. The van der Waals surface area contributed by atoms with E-state index in [1.54, 1.807) is 0 Å². The SMILES string of the molecule is CCC(N)CC(=O)N1CCN2C(=O)NCC2C1. The molecule has 0 bridgehead atoms. The third kappa shape index (κ3) is 2.52. The van der Waals surface area contributed by atoms with E-state index in [9.17, 15) is 9.59 Å². The Bertz CT molecular complexity index is 321. The van der Waals surface area contributed by atoms with Gasteiger partial charge in [0.05, 0.1) is 6.04 Å². The summed E-state index contributed by atoms with van der Waals surface area (Å²) in [4.78, 5) is 27.0. The number of nitrogens with one attached hydrogen (secondary N) is 1. The summed E-state index contributed by atoms with van der Waals surface area (Å²) in [6, 6.07) is 0.0780. The van der Waals surface area contributed by atoms with Crippen molar-refractivity contribution in [3.63, 3.8) is 0 Å². The van der Waals surface area contributed by atoms with Gasteiger partial charge in [0.2, 0.25) is 5.91 Å². The largest absolute Gasteiger partial charge is 0.339 e. The molecular formula is C11H20N4O2. The van der Waals surface area contributed by atoms with Crippen LogP contribution < -0.4 is 11.1 Å². The van der Waals surface area contributed by atoms with Gasteiger partial charge in [-0.25, -0.2) is 4.79 Å². The van der Waals surface area contributed by atoms with E-state index in [4.69, 9.17) is 5.73 Å². The molecule has 0 aromatic heterocycles. The molecule has 3 amide bonds. The van der Waals surface area contributed by atoms with Crippen LogP contribution in [0.25, 0.3) is 0 Å². The van der Waals surface area contributed by atoms with Crippen LogP contribution >= 0.6 is 0 Å². The molecule has 0 aromatic carbocycles. The van der Waals surface area contributed by atoms with Crippen LogP contribution in [0, 0.1) is 0 Å². The molecule has 2 atom stereocenters. The monoisotopic (exact) mass is 240 g/mol. The van der Waals surface area contributed by atoms with Crippen LogP contribution in [0.2, 0.25) is 0 Å². The third-order valence-corrected chi connectivity index (χ3v) is 3.55. The Kier molecular flexibility index (Phi) is 3.51. The number of nitrogens with two attached hydrogens (primary N) is 1. The van der Waals surface area contributed by atoms with Crippen LogP contribution in [0.15, 0.2) is 0 Å². The highest BCUT2D eigenvalue weighted by atomic mass is 16.2. The van der Waals surface area contributed by atoms with Crippen molar-refractivity contribution in [2.75, 3.05) is 26.2 Å². The predicted octanol–water partition coefficient (Wildman–Crippen LogP) is -0.650. The van der Waals surface area contributed by atoms with E-state index in [1.807, 2.05) is 16.7 Å². The summed E-state index contributed by atoms with van der Waals surface area (Å²) in [7, 11) is 0. The summed E-state index contributed by atoms with van der Waals surface area (Å²) in [6.45, 7) is 4.51. The second kappa shape index (κ2) is 4.91. The van der Waals surface area contributed by atoms with Gasteiger partial charge in [0.1, 0.15) is 0 Å². The average molecular weight is 240 g/mol. The van der Waals surface area contributed by atoms with Gasteiger partial charge < -0.3 is 20.9 Å². The minimum absolute atomic E-state index is 0.00708. The van der Waals surface area contributed by atoms with E-state index >= 15 is 0 Å². The molecule has 96 valence electrons. The molecule has 6 heteroatoms. The number of amides is 3. The fourth-order valence-electron chi connectivity index (χ4n) is 2.33. The fraction of sp³-hybridized carbons (Fsp3) is 0.818. The van der Waals surface area contributed by atoms with Gasteiger partial charge >= 0.3 is 6.03 Å². The van der Waals surface area contributed by atoms with Gasteiger partial charge in [0.15, 0.2) is 0 Å². The Morgan fingerprint density at radius 3 is 3.06 bits per heavy atom. The zero-order chi connectivity index (χ0) is 12.4. The van der Waals surface area contributed by atoms with Crippen LogP contribution in [0.1, 0.15) is 19.8 Å². The zero-order valence-electron chi connectivity index (χ0n) is 10.2. The van der Waals surface area contributed by atoms with E-state index < -0.39 is 0 Å². The lowest BCUT2D eigenvalue weighted by Crippen LogP contribution is -2.54. The molecular weight excluding hydrogens is 220 g/mol. The van der Waals surface area contributed by atoms with Crippen molar-refractivity contribution in [1.29, 1.82) is 0 Å². The highest BCUT2D eigenvalue weighted by Crippen LogP contribution is 2.15. The maximum absolute atomic E-state index is 12.0. The number of rotatable bonds is 3. The highest BCUT2D eigenvalue weighted by Gasteiger charge is 2.36. The Labute approximate surface area is 101 Å². The van der Waals surface area contributed by atoms with Gasteiger partial charge in [0, 0.05) is 38.6 Å². The van der Waals surface area contributed by atoms with Gasteiger partial charge in [-0.05, 0) is 6.42 Å². The molecule has 2 rings (SSSR count).